The Kier molecular flexibility index (Phi) is 4.37. The number of aromatic nitrogens is 1. The molecule has 2 aromatic rings. The molecule has 1 amide bonds. The third-order valence-electron chi connectivity index (χ3n) is 3.97. The zero-order valence-corrected chi connectivity index (χ0v) is 12.9. The molecule has 1 aromatic carbocycles. The fourth-order valence-corrected chi connectivity index (χ4v) is 2.81. The van der Waals surface area contributed by atoms with Gasteiger partial charge in [-0.2, -0.15) is 0 Å². The van der Waals surface area contributed by atoms with Crippen LogP contribution in [0, 0.1) is 6.92 Å². The molecule has 0 aliphatic carbocycles. The van der Waals surface area contributed by atoms with Crippen molar-refractivity contribution in [1.82, 2.24) is 4.98 Å². The van der Waals surface area contributed by atoms with Gasteiger partial charge in [-0.1, -0.05) is 12.1 Å². The van der Waals surface area contributed by atoms with E-state index in [2.05, 4.69) is 15.2 Å². The third-order valence-corrected chi connectivity index (χ3v) is 3.97. The minimum Gasteiger partial charge on any atom is -0.371 e. The number of carbonyl (C=O) groups excluding carboxylic acids is 1. The van der Waals surface area contributed by atoms with Crippen LogP contribution in [-0.4, -0.2) is 24.0 Å². The van der Waals surface area contributed by atoms with E-state index >= 15 is 0 Å². The maximum Gasteiger partial charge on any atom is 0.274 e. The fraction of sp³-hybridized carbons (Fsp3) is 0.333. The minimum absolute atomic E-state index is 0.163. The highest BCUT2D eigenvalue weighted by molar-refractivity contribution is 6.03. The lowest BCUT2D eigenvalue weighted by Gasteiger charge is -2.28. The molecule has 0 spiro atoms. The van der Waals surface area contributed by atoms with Crippen molar-refractivity contribution in [3.05, 3.63) is 53.9 Å². The van der Waals surface area contributed by atoms with Gasteiger partial charge in [0.15, 0.2) is 0 Å². The van der Waals surface area contributed by atoms with Crippen LogP contribution in [-0.2, 0) is 0 Å². The molecule has 22 heavy (non-hydrogen) atoms. The van der Waals surface area contributed by atoms with Gasteiger partial charge in [-0.05, 0) is 56.0 Å². The number of nitrogens with one attached hydrogen (secondary N) is 1. The van der Waals surface area contributed by atoms with Crippen molar-refractivity contribution in [2.45, 2.75) is 26.2 Å². The number of pyridine rings is 1. The highest BCUT2D eigenvalue weighted by atomic mass is 16.1. The van der Waals surface area contributed by atoms with Gasteiger partial charge in [0.25, 0.3) is 5.91 Å². The van der Waals surface area contributed by atoms with E-state index in [0.29, 0.717) is 5.69 Å². The van der Waals surface area contributed by atoms with Gasteiger partial charge < -0.3 is 10.2 Å². The molecule has 3 rings (SSSR count). The molecule has 4 heteroatoms. The first-order valence-electron chi connectivity index (χ1n) is 7.81. The predicted molar refractivity (Wildman–Crippen MR) is 89.4 cm³/mol. The highest BCUT2D eigenvalue weighted by Gasteiger charge is 2.14. The summed E-state index contributed by atoms with van der Waals surface area (Å²) in [6.07, 6.45) is 5.44. The molecule has 1 aliphatic heterocycles. The zero-order chi connectivity index (χ0) is 15.4. The average molecular weight is 295 g/mol. The van der Waals surface area contributed by atoms with E-state index in [0.717, 1.165) is 30.0 Å². The normalized spacial score (nSPS) is 14.7. The summed E-state index contributed by atoms with van der Waals surface area (Å²) in [4.78, 5) is 18.9. The summed E-state index contributed by atoms with van der Waals surface area (Å²) in [6, 6.07) is 11.6. The van der Waals surface area contributed by atoms with E-state index < -0.39 is 0 Å². The van der Waals surface area contributed by atoms with Gasteiger partial charge >= 0.3 is 0 Å². The molecule has 0 radical (unpaired) electrons. The summed E-state index contributed by atoms with van der Waals surface area (Å²) >= 11 is 0. The van der Waals surface area contributed by atoms with Crippen LogP contribution in [0.5, 0.6) is 0 Å². The van der Waals surface area contributed by atoms with Gasteiger partial charge in [0.2, 0.25) is 0 Å². The molecule has 114 valence electrons. The molecule has 4 nitrogen and oxygen atoms in total. The third kappa shape index (κ3) is 3.45. The lowest BCUT2D eigenvalue weighted by atomic mass is 10.1. The molecule has 1 fully saturated rings. The van der Waals surface area contributed by atoms with Crippen LogP contribution in [0.15, 0.2) is 42.6 Å². The molecule has 0 saturated carbocycles. The predicted octanol–water partition coefficient (Wildman–Crippen LogP) is 3.63. The summed E-state index contributed by atoms with van der Waals surface area (Å²) in [5.74, 6) is -0.163. The minimum atomic E-state index is -0.163. The Morgan fingerprint density at radius 1 is 1.14 bits per heavy atom. The number of anilines is 2. The van der Waals surface area contributed by atoms with E-state index in [4.69, 9.17) is 0 Å². The molecule has 1 N–H and O–H groups in total. The van der Waals surface area contributed by atoms with Gasteiger partial charge in [0, 0.05) is 30.7 Å². The molecule has 2 heterocycles. The Bertz CT molecular complexity index is 663. The molecule has 0 atom stereocenters. The Morgan fingerprint density at radius 3 is 2.73 bits per heavy atom. The average Bonchev–Trinajstić information content (AvgIpc) is 2.56. The van der Waals surface area contributed by atoms with Crippen molar-refractivity contribution in [2.75, 3.05) is 23.3 Å². The number of piperidine rings is 1. The maximum atomic E-state index is 12.4. The van der Waals surface area contributed by atoms with E-state index in [1.165, 1.54) is 19.3 Å². The smallest absolute Gasteiger partial charge is 0.274 e. The van der Waals surface area contributed by atoms with E-state index in [-0.39, 0.29) is 5.91 Å². The SMILES string of the molecule is Cc1cccc(NC(=O)c2cc(N3CCCCC3)ccn2)c1. The number of aryl methyl sites for hydroxylation is 1. The van der Waals surface area contributed by atoms with Gasteiger partial charge in [-0.15, -0.1) is 0 Å². The largest absolute Gasteiger partial charge is 0.371 e. The molecular formula is C18H21N3O. The number of hydrogen-bond acceptors (Lipinski definition) is 3. The van der Waals surface area contributed by atoms with Crippen molar-refractivity contribution in [3.8, 4) is 0 Å². The Hall–Kier alpha value is -2.36. The van der Waals surface area contributed by atoms with Crippen LogP contribution in [0.1, 0.15) is 35.3 Å². The molecule has 0 bridgehead atoms. The number of benzene rings is 1. The van der Waals surface area contributed by atoms with Gasteiger partial charge in [-0.25, -0.2) is 0 Å². The highest BCUT2D eigenvalue weighted by Crippen LogP contribution is 2.20. The van der Waals surface area contributed by atoms with Gasteiger partial charge in [0.05, 0.1) is 0 Å². The van der Waals surface area contributed by atoms with Crippen molar-refractivity contribution in [3.63, 3.8) is 0 Å². The first-order chi connectivity index (χ1) is 10.7. The monoisotopic (exact) mass is 295 g/mol. The van der Waals surface area contributed by atoms with E-state index in [9.17, 15) is 4.79 Å². The number of amides is 1. The Balaban J connectivity index is 1.75. The molecule has 1 saturated heterocycles. The van der Waals surface area contributed by atoms with E-state index in [1.54, 1.807) is 6.20 Å². The molecular weight excluding hydrogens is 274 g/mol. The second-order valence-electron chi connectivity index (χ2n) is 5.77. The van der Waals surface area contributed by atoms with Crippen molar-refractivity contribution < 1.29 is 4.79 Å². The first-order valence-corrected chi connectivity index (χ1v) is 7.81. The summed E-state index contributed by atoms with van der Waals surface area (Å²) in [6.45, 7) is 4.12. The first kappa shape index (κ1) is 14.6. The van der Waals surface area contributed by atoms with Gasteiger partial charge in [0.1, 0.15) is 5.69 Å². The van der Waals surface area contributed by atoms with Crippen molar-refractivity contribution >= 4 is 17.3 Å². The maximum absolute atomic E-state index is 12.4. The summed E-state index contributed by atoms with van der Waals surface area (Å²) < 4.78 is 0. The number of carbonyl (C=O) groups is 1. The van der Waals surface area contributed by atoms with Crippen molar-refractivity contribution in [2.24, 2.45) is 0 Å². The summed E-state index contributed by atoms with van der Waals surface area (Å²) in [7, 11) is 0. The quantitative estimate of drug-likeness (QED) is 0.940. The molecule has 0 unspecified atom stereocenters. The topological polar surface area (TPSA) is 45.2 Å². The van der Waals surface area contributed by atoms with Gasteiger partial charge in [-0.3, -0.25) is 9.78 Å². The molecule has 1 aliphatic rings. The van der Waals surface area contributed by atoms with Crippen LogP contribution in [0.3, 0.4) is 0 Å². The summed E-state index contributed by atoms with van der Waals surface area (Å²) in [5, 5.41) is 2.91. The second kappa shape index (κ2) is 6.60. The zero-order valence-electron chi connectivity index (χ0n) is 12.9. The van der Waals surface area contributed by atoms with Crippen molar-refractivity contribution in [1.29, 1.82) is 0 Å². The molecule has 1 aromatic heterocycles. The second-order valence-corrected chi connectivity index (χ2v) is 5.77. The number of hydrogen-bond donors (Lipinski definition) is 1. The Labute approximate surface area is 131 Å². The Morgan fingerprint density at radius 2 is 1.95 bits per heavy atom. The van der Waals surface area contributed by atoms with E-state index in [1.807, 2.05) is 43.3 Å². The van der Waals surface area contributed by atoms with Crippen LogP contribution in [0.25, 0.3) is 0 Å². The number of nitrogens with zero attached hydrogens (tertiary/aromatic N) is 2. The lowest BCUT2D eigenvalue weighted by Crippen LogP contribution is -2.29. The lowest BCUT2D eigenvalue weighted by molar-refractivity contribution is 0.102. The van der Waals surface area contributed by atoms with Crippen LogP contribution in [0.4, 0.5) is 11.4 Å². The fourth-order valence-electron chi connectivity index (χ4n) is 2.81. The standard InChI is InChI=1S/C18H21N3O/c1-14-6-5-7-15(12-14)20-18(22)17-13-16(8-9-19-17)21-10-3-2-4-11-21/h5-9,12-13H,2-4,10-11H2,1H3,(H,20,22). The van der Waals surface area contributed by atoms with Crippen LogP contribution >= 0.6 is 0 Å². The number of rotatable bonds is 3. The van der Waals surface area contributed by atoms with Crippen LogP contribution < -0.4 is 10.2 Å². The summed E-state index contributed by atoms with van der Waals surface area (Å²) in [5.41, 5.74) is 3.47. The van der Waals surface area contributed by atoms with Crippen LogP contribution in [0.2, 0.25) is 0 Å².